The molecule has 9 heteroatoms. The number of aryl methyl sites for hydroxylation is 1. The van der Waals surface area contributed by atoms with Gasteiger partial charge in [0, 0.05) is 31.7 Å². The maximum Gasteiger partial charge on any atom is 0.255 e. The van der Waals surface area contributed by atoms with Crippen molar-refractivity contribution < 1.29 is 23.9 Å². The summed E-state index contributed by atoms with van der Waals surface area (Å²) < 4.78 is 10.8. The van der Waals surface area contributed by atoms with Crippen LogP contribution in [0.2, 0.25) is 0 Å². The zero-order valence-electron chi connectivity index (χ0n) is 16.4. The normalized spacial score (nSPS) is 18.4. The van der Waals surface area contributed by atoms with E-state index in [1.165, 1.54) is 0 Å². The monoisotopic (exact) mass is 425 g/mol. The van der Waals surface area contributed by atoms with Crippen LogP contribution in [-0.4, -0.2) is 61.6 Å². The van der Waals surface area contributed by atoms with Gasteiger partial charge in [0.2, 0.25) is 11.8 Å². The lowest BCUT2D eigenvalue weighted by atomic mass is 10.00. The first-order valence-electron chi connectivity index (χ1n) is 9.72. The number of hydrogen-bond acceptors (Lipinski definition) is 6. The average Bonchev–Trinajstić information content (AvgIpc) is 3.01. The van der Waals surface area contributed by atoms with E-state index in [4.69, 9.17) is 15.2 Å². The molecular formula is C20H28ClN3O5. The lowest BCUT2D eigenvalue weighted by molar-refractivity contribution is -0.136. The first-order chi connectivity index (χ1) is 13.6. The topological polar surface area (TPSA) is 111 Å². The summed E-state index contributed by atoms with van der Waals surface area (Å²) in [6, 6.07) is 5.12. The fourth-order valence-corrected chi connectivity index (χ4v) is 3.65. The molecule has 2 heterocycles. The Morgan fingerprint density at radius 1 is 1.10 bits per heavy atom. The molecule has 1 saturated heterocycles. The van der Waals surface area contributed by atoms with E-state index in [0.717, 1.165) is 24.0 Å². The van der Waals surface area contributed by atoms with Gasteiger partial charge in [-0.15, -0.1) is 12.4 Å². The van der Waals surface area contributed by atoms with Gasteiger partial charge in [-0.3, -0.25) is 19.7 Å². The number of piperidine rings is 1. The van der Waals surface area contributed by atoms with Crippen LogP contribution in [0.25, 0.3) is 0 Å². The van der Waals surface area contributed by atoms with Crippen LogP contribution in [0, 0.1) is 0 Å². The molecule has 1 aromatic rings. The van der Waals surface area contributed by atoms with Gasteiger partial charge in [-0.1, -0.05) is 12.1 Å². The predicted molar refractivity (Wildman–Crippen MR) is 109 cm³/mol. The van der Waals surface area contributed by atoms with Crippen LogP contribution in [0.4, 0.5) is 0 Å². The number of amides is 3. The van der Waals surface area contributed by atoms with Gasteiger partial charge in [-0.2, -0.15) is 0 Å². The molecular weight excluding hydrogens is 398 g/mol. The molecule has 2 aliphatic heterocycles. The molecule has 3 N–H and O–H groups in total. The smallest absolute Gasteiger partial charge is 0.255 e. The van der Waals surface area contributed by atoms with E-state index in [0.29, 0.717) is 51.5 Å². The number of rotatable bonds is 10. The Kier molecular flexibility index (Phi) is 9.03. The number of benzene rings is 1. The third-order valence-corrected chi connectivity index (χ3v) is 5.05. The van der Waals surface area contributed by atoms with Crippen molar-refractivity contribution in [2.75, 3.05) is 33.0 Å². The fourth-order valence-electron chi connectivity index (χ4n) is 3.65. The van der Waals surface area contributed by atoms with E-state index in [2.05, 4.69) is 5.32 Å². The van der Waals surface area contributed by atoms with Gasteiger partial charge in [0.05, 0.1) is 19.8 Å². The summed E-state index contributed by atoms with van der Waals surface area (Å²) in [6.45, 7) is 3.14. The second-order valence-corrected chi connectivity index (χ2v) is 6.96. The first kappa shape index (κ1) is 23.3. The first-order valence-corrected chi connectivity index (χ1v) is 9.72. The zero-order chi connectivity index (χ0) is 19.9. The van der Waals surface area contributed by atoms with Crippen LogP contribution in [0.5, 0.6) is 0 Å². The molecule has 3 rings (SSSR count). The van der Waals surface area contributed by atoms with E-state index in [1.54, 1.807) is 11.0 Å². The van der Waals surface area contributed by atoms with Crippen LogP contribution in [0.3, 0.4) is 0 Å². The molecule has 29 heavy (non-hydrogen) atoms. The summed E-state index contributed by atoms with van der Waals surface area (Å²) in [7, 11) is 0. The van der Waals surface area contributed by atoms with Crippen molar-refractivity contribution in [2.24, 2.45) is 5.73 Å². The zero-order valence-corrected chi connectivity index (χ0v) is 17.2. The van der Waals surface area contributed by atoms with Gasteiger partial charge in [0.25, 0.3) is 5.91 Å². The van der Waals surface area contributed by atoms with Gasteiger partial charge in [0.1, 0.15) is 6.04 Å². The molecule has 1 atom stereocenters. The van der Waals surface area contributed by atoms with Gasteiger partial charge in [-0.05, 0) is 36.5 Å². The van der Waals surface area contributed by atoms with Crippen LogP contribution in [0.1, 0.15) is 40.7 Å². The molecule has 1 unspecified atom stereocenters. The Labute approximate surface area is 176 Å². The molecule has 0 spiro atoms. The van der Waals surface area contributed by atoms with Crippen molar-refractivity contribution >= 4 is 30.1 Å². The summed E-state index contributed by atoms with van der Waals surface area (Å²) in [4.78, 5) is 37.9. The Bertz CT molecular complexity index is 743. The Morgan fingerprint density at radius 3 is 2.59 bits per heavy atom. The highest BCUT2D eigenvalue weighted by molar-refractivity contribution is 6.05. The quantitative estimate of drug-likeness (QED) is 0.423. The number of imide groups is 1. The molecule has 0 radical (unpaired) electrons. The number of fused-ring (bicyclic) bond motifs is 1. The number of halogens is 1. The second kappa shape index (κ2) is 11.3. The summed E-state index contributed by atoms with van der Waals surface area (Å²) >= 11 is 0. The van der Waals surface area contributed by atoms with Crippen molar-refractivity contribution in [3.8, 4) is 0 Å². The van der Waals surface area contributed by atoms with E-state index >= 15 is 0 Å². The van der Waals surface area contributed by atoms with Crippen molar-refractivity contribution in [3.05, 3.63) is 34.9 Å². The van der Waals surface area contributed by atoms with Crippen LogP contribution < -0.4 is 11.1 Å². The Hall–Kier alpha value is -2.00. The van der Waals surface area contributed by atoms with Crippen molar-refractivity contribution in [2.45, 2.75) is 38.3 Å². The molecule has 0 saturated carbocycles. The third kappa shape index (κ3) is 5.76. The number of nitrogens with two attached hydrogens (primary N) is 1. The predicted octanol–water partition coefficient (Wildman–Crippen LogP) is 0.794. The highest BCUT2D eigenvalue weighted by Crippen LogP contribution is 2.30. The van der Waals surface area contributed by atoms with Crippen LogP contribution in [-0.2, 0) is 32.0 Å². The number of ether oxygens (including phenoxy) is 2. The van der Waals surface area contributed by atoms with Gasteiger partial charge < -0.3 is 20.1 Å². The molecule has 0 aromatic heterocycles. The van der Waals surface area contributed by atoms with E-state index < -0.39 is 6.04 Å². The Morgan fingerprint density at radius 2 is 1.86 bits per heavy atom. The maximum atomic E-state index is 12.8. The second-order valence-electron chi connectivity index (χ2n) is 6.96. The molecule has 0 aliphatic carbocycles. The van der Waals surface area contributed by atoms with Crippen molar-refractivity contribution in [3.63, 3.8) is 0 Å². The summed E-state index contributed by atoms with van der Waals surface area (Å²) in [5, 5.41) is 2.33. The Balaban J connectivity index is 0.00000300. The third-order valence-electron chi connectivity index (χ3n) is 5.05. The number of hydrogen-bond donors (Lipinski definition) is 2. The van der Waals surface area contributed by atoms with Gasteiger partial charge >= 0.3 is 0 Å². The minimum absolute atomic E-state index is 0. The average molecular weight is 426 g/mol. The van der Waals surface area contributed by atoms with E-state index in [1.807, 2.05) is 12.1 Å². The van der Waals surface area contributed by atoms with Crippen molar-refractivity contribution in [1.29, 1.82) is 0 Å². The SMILES string of the molecule is Cl.NCCOCCOCCCc1cccc2c1CN(C1CCC(=O)NC1=O)C2=O. The highest BCUT2D eigenvalue weighted by atomic mass is 35.5. The molecule has 3 amide bonds. The number of nitrogens with zero attached hydrogens (tertiary/aromatic N) is 1. The van der Waals surface area contributed by atoms with Gasteiger partial charge in [-0.25, -0.2) is 0 Å². The molecule has 2 aliphatic rings. The van der Waals surface area contributed by atoms with E-state index in [-0.39, 0.29) is 36.5 Å². The largest absolute Gasteiger partial charge is 0.379 e. The summed E-state index contributed by atoms with van der Waals surface area (Å²) in [6.07, 6.45) is 2.26. The molecule has 0 bridgehead atoms. The van der Waals surface area contributed by atoms with Crippen LogP contribution >= 0.6 is 12.4 Å². The lowest BCUT2D eigenvalue weighted by Crippen LogP contribution is -2.52. The summed E-state index contributed by atoms with van der Waals surface area (Å²) in [5.74, 6) is -0.802. The summed E-state index contributed by atoms with van der Waals surface area (Å²) in [5.41, 5.74) is 8.08. The standard InChI is InChI=1S/C20H27N3O5.ClH/c21-8-10-28-12-11-27-9-2-4-14-3-1-5-15-16(14)13-23(20(15)26)17-6-7-18(24)22-19(17)25;/h1,3,5,17H,2,4,6-13,21H2,(H,22,24,25);1H. The number of carbonyl (C=O) groups is 3. The number of nitrogens with one attached hydrogen (secondary N) is 1. The molecule has 160 valence electrons. The molecule has 8 nitrogen and oxygen atoms in total. The van der Waals surface area contributed by atoms with Gasteiger partial charge in [0.15, 0.2) is 0 Å². The lowest BCUT2D eigenvalue weighted by Gasteiger charge is -2.29. The minimum Gasteiger partial charge on any atom is -0.379 e. The highest BCUT2D eigenvalue weighted by Gasteiger charge is 2.39. The fraction of sp³-hybridized carbons (Fsp3) is 0.550. The number of carbonyl (C=O) groups excluding carboxylic acids is 3. The van der Waals surface area contributed by atoms with E-state index in [9.17, 15) is 14.4 Å². The molecule has 1 aromatic carbocycles. The van der Waals surface area contributed by atoms with Crippen LogP contribution in [0.15, 0.2) is 18.2 Å². The maximum absolute atomic E-state index is 12.8. The molecule has 1 fully saturated rings. The van der Waals surface area contributed by atoms with Crippen molar-refractivity contribution in [1.82, 2.24) is 10.2 Å². The minimum atomic E-state index is -0.581.